The van der Waals surface area contributed by atoms with E-state index in [9.17, 15) is 4.21 Å². The first kappa shape index (κ1) is 13.5. The Balaban J connectivity index is 3.22. The lowest BCUT2D eigenvalue weighted by molar-refractivity contribution is 0.324. The maximum absolute atomic E-state index is 10.8. The Morgan fingerprint density at radius 1 is 1.12 bits per heavy atom. The fraction of sp³-hybridized carbons (Fsp3) is 0.273. The maximum atomic E-state index is 10.8. The van der Waals surface area contributed by atoms with Crippen LogP contribution in [-0.4, -0.2) is 25.5 Å². The predicted octanol–water partition coefficient (Wildman–Crippen LogP) is 1.31. The van der Waals surface area contributed by atoms with E-state index in [2.05, 4.69) is 0 Å². The van der Waals surface area contributed by atoms with Crippen LogP contribution in [0.5, 0.6) is 17.2 Å². The molecule has 0 aliphatic rings. The van der Waals surface area contributed by atoms with Crippen molar-refractivity contribution in [2.75, 3.05) is 21.3 Å². The zero-order chi connectivity index (χ0) is 12.8. The second-order valence-corrected chi connectivity index (χ2v) is 4.02. The molecule has 0 aliphatic heterocycles. The number of ether oxygens (including phenoxy) is 3. The van der Waals surface area contributed by atoms with Crippen LogP contribution in [0.2, 0.25) is 0 Å². The van der Waals surface area contributed by atoms with Gasteiger partial charge in [0, 0.05) is 5.41 Å². The zero-order valence-electron chi connectivity index (χ0n) is 9.93. The van der Waals surface area contributed by atoms with Gasteiger partial charge in [-0.15, -0.1) is 0 Å². The van der Waals surface area contributed by atoms with Gasteiger partial charge in [0.25, 0.3) is 0 Å². The Morgan fingerprint density at radius 3 is 2.00 bits per heavy atom. The summed E-state index contributed by atoms with van der Waals surface area (Å²) in [6.07, 6.45) is 1.63. The van der Waals surface area contributed by atoms with Crippen LogP contribution in [0.15, 0.2) is 17.5 Å². The quantitative estimate of drug-likeness (QED) is 0.863. The van der Waals surface area contributed by atoms with Crippen LogP contribution in [0.4, 0.5) is 0 Å². The van der Waals surface area contributed by atoms with Crippen LogP contribution in [0.1, 0.15) is 5.56 Å². The van der Waals surface area contributed by atoms with Gasteiger partial charge in [-0.3, -0.25) is 0 Å². The molecular formula is C11H15NO4S. The van der Waals surface area contributed by atoms with E-state index in [4.69, 9.17) is 19.3 Å². The summed E-state index contributed by atoms with van der Waals surface area (Å²) < 4.78 is 26.3. The molecule has 2 N–H and O–H groups in total. The molecular weight excluding hydrogens is 242 g/mol. The van der Waals surface area contributed by atoms with Crippen molar-refractivity contribution in [3.05, 3.63) is 23.1 Å². The Labute approximate surface area is 103 Å². The monoisotopic (exact) mass is 257 g/mol. The lowest BCUT2D eigenvalue weighted by Crippen LogP contribution is -1.97. The van der Waals surface area contributed by atoms with E-state index in [0.717, 1.165) is 5.56 Å². The standard InChI is InChI=1S/C11H15NO4S/c1-14-9-6-8(4-5-17(12)13)7-10(15-2)11(9)16-3/h4-7H,12H2,1-3H3/b5-4-. The molecule has 1 aromatic carbocycles. The number of benzene rings is 1. The van der Waals surface area contributed by atoms with Gasteiger partial charge in [-0.2, -0.15) is 0 Å². The van der Waals surface area contributed by atoms with Crippen molar-refractivity contribution in [2.24, 2.45) is 5.14 Å². The average Bonchev–Trinajstić information content (AvgIpc) is 2.34. The predicted molar refractivity (Wildman–Crippen MR) is 67.5 cm³/mol. The van der Waals surface area contributed by atoms with Crippen LogP contribution >= 0.6 is 0 Å². The van der Waals surface area contributed by atoms with Gasteiger partial charge in [-0.1, -0.05) is 0 Å². The number of hydrogen-bond donors (Lipinski definition) is 1. The third-order valence-electron chi connectivity index (χ3n) is 2.08. The van der Waals surface area contributed by atoms with Crippen LogP contribution in [0.3, 0.4) is 0 Å². The highest BCUT2D eigenvalue weighted by molar-refractivity contribution is 7.85. The van der Waals surface area contributed by atoms with E-state index in [1.807, 2.05) is 0 Å². The largest absolute Gasteiger partial charge is 0.493 e. The first-order valence-electron chi connectivity index (χ1n) is 4.75. The molecule has 0 heterocycles. The molecule has 1 aromatic rings. The molecule has 0 radical (unpaired) electrons. The first-order chi connectivity index (χ1) is 8.12. The molecule has 6 heteroatoms. The molecule has 0 fully saturated rings. The minimum absolute atomic E-state index is 0.515. The fourth-order valence-corrected chi connectivity index (χ4v) is 1.63. The van der Waals surface area contributed by atoms with Crippen molar-refractivity contribution in [3.8, 4) is 17.2 Å². The summed E-state index contributed by atoms with van der Waals surface area (Å²) in [7, 11) is 3.12. The molecule has 5 nitrogen and oxygen atoms in total. The van der Waals surface area contributed by atoms with E-state index < -0.39 is 11.0 Å². The zero-order valence-corrected chi connectivity index (χ0v) is 10.7. The molecule has 0 saturated heterocycles. The van der Waals surface area contributed by atoms with Gasteiger partial charge in [0.15, 0.2) is 11.5 Å². The summed E-state index contributed by atoms with van der Waals surface area (Å²) in [4.78, 5) is 0. The lowest BCUT2D eigenvalue weighted by Gasteiger charge is -2.12. The highest BCUT2D eigenvalue weighted by Crippen LogP contribution is 2.38. The summed E-state index contributed by atoms with van der Waals surface area (Å²) in [5, 5.41) is 6.51. The molecule has 1 atom stereocenters. The molecule has 0 amide bonds. The van der Waals surface area contributed by atoms with Crippen LogP contribution in [0.25, 0.3) is 6.08 Å². The fourth-order valence-electron chi connectivity index (χ4n) is 1.34. The highest BCUT2D eigenvalue weighted by atomic mass is 32.2. The second kappa shape index (κ2) is 6.27. The van der Waals surface area contributed by atoms with Gasteiger partial charge < -0.3 is 14.2 Å². The Hall–Kier alpha value is -1.53. The van der Waals surface area contributed by atoms with Gasteiger partial charge in [0.2, 0.25) is 5.75 Å². The summed E-state index contributed by atoms with van der Waals surface area (Å²) in [5.74, 6) is 1.59. The van der Waals surface area contributed by atoms with E-state index in [1.54, 1.807) is 18.2 Å². The van der Waals surface area contributed by atoms with Crippen molar-refractivity contribution in [3.63, 3.8) is 0 Å². The molecule has 0 aliphatic carbocycles. The molecule has 0 bridgehead atoms. The first-order valence-corrected chi connectivity index (χ1v) is 6.03. The molecule has 94 valence electrons. The maximum Gasteiger partial charge on any atom is 0.203 e. The third kappa shape index (κ3) is 3.47. The number of nitrogens with two attached hydrogens (primary N) is 1. The van der Waals surface area contributed by atoms with Gasteiger partial charge in [0.1, 0.15) is 11.0 Å². The lowest BCUT2D eigenvalue weighted by atomic mass is 10.2. The number of rotatable bonds is 5. The van der Waals surface area contributed by atoms with Crippen molar-refractivity contribution in [1.82, 2.24) is 0 Å². The molecule has 17 heavy (non-hydrogen) atoms. The van der Waals surface area contributed by atoms with E-state index in [0.29, 0.717) is 17.2 Å². The van der Waals surface area contributed by atoms with E-state index in [1.165, 1.54) is 26.7 Å². The van der Waals surface area contributed by atoms with Crippen LogP contribution in [0, 0.1) is 0 Å². The van der Waals surface area contributed by atoms with Gasteiger partial charge in [0.05, 0.1) is 21.3 Å². The number of hydrogen-bond acceptors (Lipinski definition) is 4. The number of methoxy groups -OCH3 is 3. The van der Waals surface area contributed by atoms with Gasteiger partial charge in [-0.05, 0) is 23.8 Å². The smallest absolute Gasteiger partial charge is 0.203 e. The summed E-state index contributed by atoms with van der Waals surface area (Å²) in [6, 6.07) is 3.48. The van der Waals surface area contributed by atoms with Crippen molar-refractivity contribution in [2.45, 2.75) is 0 Å². The summed E-state index contributed by atoms with van der Waals surface area (Å²) >= 11 is 0. The van der Waals surface area contributed by atoms with Crippen molar-refractivity contribution < 1.29 is 18.4 Å². The molecule has 0 aromatic heterocycles. The van der Waals surface area contributed by atoms with E-state index in [-0.39, 0.29) is 0 Å². The Kier molecular flexibility index (Phi) is 4.99. The van der Waals surface area contributed by atoms with Gasteiger partial charge in [-0.25, -0.2) is 9.35 Å². The average molecular weight is 257 g/mol. The van der Waals surface area contributed by atoms with Crippen molar-refractivity contribution in [1.29, 1.82) is 0 Å². The normalized spacial score (nSPS) is 12.5. The van der Waals surface area contributed by atoms with E-state index >= 15 is 0 Å². The SMILES string of the molecule is COc1cc(/C=C\S(N)=O)cc(OC)c1OC. The topological polar surface area (TPSA) is 70.8 Å². The third-order valence-corrected chi connectivity index (χ3v) is 2.49. The Morgan fingerprint density at radius 2 is 1.65 bits per heavy atom. The molecule has 0 spiro atoms. The molecule has 1 rings (SSSR count). The summed E-state index contributed by atoms with van der Waals surface area (Å²) in [6.45, 7) is 0. The van der Waals surface area contributed by atoms with Crippen molar-refractivity contribution >= 4 is 17.1 Å². The Bertz CT molecular complexity index is 420. The molecule has 1 unspecified atom stereocenters. The van der Waals surface area contributed by atoms with Crippen LogP contribution < -0.4 is 19.3 Å². The molecule has 0 saturated carbocycles. The van der Waals surface area contributed by atoms with Crippen LogP contribution in [-0.2, 0) is 11.0 Å². The van der Waals surface area contributed by atoms with Gasteiger partial charge >= 0.3 is 0 Å². The minimum Gasteiger partial charge on any atom is -0.493 e. The minimum atomic E-state index is -1.48. The summed E-state index contributed by atoms with van der Waals surface area (Å²) in [5.41, 5.74) is 0.762. The second-order valence-electron chi connectivity index (χ2n) is 3.09. The highest BCUT2D eigenvalue weighted by Gasteiger charge is 2.11.